The molecule has 3 nitrogen and oxygen atoms in total. The Morgan fingerprint density at radius 1 is 1.08 bits per heavy atom. The van der Waals surface area contributed by atoms with Crippen LogP contribution in [0.4, 0.5) is 4.79 Å². The van der Waals surface area contributed by atoms with Gasteiger partial charge in [0.1, 0.15) is 6.61 Å². The van der Waals surface area contributed by atoms with Crippen molar-refractivity contribution < 1.29 is 9.53 Å². The van der Waals surface area contributed by atoms with Gasteiger partial charge in [0, 0.05) is 5.56 Å². The maximum Gasteiger partial charge on any atom is 0.408 e. The van der Waals surface area contributed by atoms with Gasteiger partial charge >= 0.3 is 6.09 Å². The van der Waals surface area contributed by atoms with Gasteiger partial charge in [0.2, 0.25) is 0 Å². The van der Waals surface area contributed by atoms with E-state index in [9.17, 15) is 4.79 Å². The highest BCUT2D eigenvalue weighted by Crippen LogP contribution is 2.22. The molecular weight excluding hydrogens is 298 g/mol. The van der Waals surface area contributed by atoms with Gasteiger partial charge in [-0.1, -0.05) is 75.1 Å². The Morgan fingerprint density at radius 3 is 2.54 bits per heavy atom. The molecule has 3 heteroatoms. The van der Waals surface area contributed by atoms with Gasteiger partial charge in [-0.2, -0.15) is 0 Å². The summed E-state index contributed by atoms with van der Waals surface area (Å²) in [5.41, 5.74) is 3.24. The van der Waals surface area contributed by atoms with E-state index >= 15 is 0 Å². The van der Waals surface area contributed by atoms with Crippen LogP contribution in [-0.4, -0.2) is 12.6 Å². The predicted octanol–water partition coefficient (Wildman–Crippen LogP) is 4.26. The van der Waals surface area contributed by atoms with E-state index in [1.807, 2.05) is 42.5 Å². The molecule has 0 radical (unpaired) electrons. The van der Waals surface area contributed by atoms with Gasteiger partial charge in [0.05, 0.1) is 6.54 Å². The Hall–Kier alpha value is -2.73. The molecule has 0 fully saturated rings. The van der Waals surface area contributed by atoms with Crippen LogP contribution >= 0.6 is 0 Å². The minimum atomic E-state index is -0.461. The lowest BCUT2D eigenvalue weighted by atomic mass is 9.86. The number of hydrogen-bond donors (Lipinski definition) is 1. The molecule has 124 valence electrons. The first-order valence-electron chi connectivity index (χ1n) is 7.99. The molecule has 0 aliphatic rings. The van der Waals surface area contributed by atoms with E-state index < -0.39 is 6.09 Å². The highest BCUT2D eigenvalue weighted by Gasteiger charge is 2.12. The number of benzene rings is 2. The van der Waals surface area contributed by atoms with Crippen LogP contribution in [0.1, 0.15) is 37.5 Å². The number of alkyl carbamates (subject to hydrolysis) is 1. The van der Waals surface area contributed by atoms with E-state index in [0.29, 0.717) is 0 Å². The fourth-order valence-electron chi connectivity index (χ4n) is 2.10. The SMILES string of the molecule is CC(C)(C)c1cccc(C#CCNC(=O)OCc2ccccc2)c1. The predicted molar refractivity (Wildman–Crippen MR) is 96.6 cm³/mol. The first-order valence-corrected chi connectivity index (χ1v) is 7.99. The molecule has 0 spiro atoms. The molecule has 0 unspecified atom stereocenters. The third-order valence-electron chi connectivity index (χ3n) is 3.50. The molecule has 0 heterocycles. The summed E-state index contributed by atoms with van der Waals surface area (Å²) in [6.07, 6.45) is -0.461. The fourth-order valence-corrected chi connectivity index (χ4v) is 2.10. The lowest BCUT2D eigenvalue weighted by Crippen LogP contribution is -2.24. The second kappa shape index (κ2) is 8.21. The second-order valence-electron chi connectivity index (χ2n) is 6.55. The minimum Gasteiger partial charge on any atom is -0.445 e. The van der Waals surface area contributed by atoms with Gasteiger partial charge in [-0.05, 0) is 28.7 Å². The van der Waals surface area contributed by atoms with Gasteiger partial charge in [-0.3, -0.25) is 0 Å². The smallest absolute Gasteiger partial charge is 0.408 e. The van der Waals surface area contributed by atoms with E-state index in [1.54, 1.807) is 0 Å². The van der Waals surface area contributed by atoms with Crippen molar-refractivity contribution in [1.82, 2.24) is 5.32 Å². The van der Waals surface area contributed by atoms with Crippen LogP contribution in [0.15, 0.2) is 54.6 Å². The maximum atomic E-state index is 11.6. The summed E-state index contributed by atoms with van der Waals surface area (Å²) in [4.78, 5) is 11.6. The van der Waals surface area contributed by atoms with Crippen LogP contribution in [0.2, 0.25) is 0 Å². The van der Waals surface area contributed by atoms with E-state index in [2.05, 4.69) is 50.1 Å². The fraction of sp³-hybridized carbons (Fsp3) is 0.286. The Labute approximate surface area is 144 Å². The van der Waals surface area contributed by atoms with Crippen LogP contribution in [0.3, 0.4) is 0 Å². The standard InChI is InChI=1S/C21H23NO2/c1-21(2,3)19-13-7-11-17(15-19)12-8-14-22-20(23)24-16-18-9-5-4-6-10-18/h4-7,9-11,13,15H,14,16H2,1-3H3,(H,22,23). The average Bonchev–Trinajstić information content (AvgIpc) is 2.57. The van der Waals surface area contributed by atoms with Gasteiger partial charge < -0.3 is 10.1 Å². The first-order chi connectivity index (χ1) is 11.4. The van der Waals surface area contributed by atoms with Gasteiger partial charge in [-0.15, -0.1) is 0 Å². The first kappa shape index (κ1) is 17.6. The Bertz CT molecular complexity index is 734. The van der Waals surface area contributed by atoms with Crippen LogP contribution in [0.25, 0.3) is 0 Å². The summed E-state index contributed by atoms with van der Waals surface area (Å²) < 4.78 is 5.13. The Balaban J connectivity index is 1.80. The number of ether oxygens (including phenoxy) is 1. The molecule has 1 N–H and O–H groups in total. The quantitative estimate of drug-likeness (QED) is 0.858. The third kappa shape index (κ3) is 5.81. The van der Waals surface area contributed by atoms with Crippen molar-refractivity contribution in [2.45, 2.75) is 32.8 Å². The number of rotatable bonds is 3. The summed E-state index contributed by atoms with van der Waals surface area (Å²) in [5, 5.41) is 2.63. The average molecular weight is 321 g/mol. The number of carbonyl (C=O) groups is 1. The van der Waals surface area contributed by atoms with Crippen molar-refractivity contribution >= 4 is 6.09 Å². The summed E-state index contributed by atoms with van der Waals surface area (Å²) >= 11 is 0. The molecule has 0 saturated carbocycles. The van der Waals surface area contributed by atoms with Crippen LogP contribution in [-0.2, 0) is 16.8 Å². The number of carbonyl (C=O) groups excluding carboxylic acids is 1. The third-order valence-corrected chi connectivity index (χ3v) is 3.50. The van der Waals surface area contributed by atoms with Crippen molar-refractivity contribution in [2.75, 3.05) is 6.54 Å². The maximum absolute atomic E-state index is 11.6. The molecule has 2 aromatic carbocycles. The van der Waals surface area contributed by atoms with Crippen molar-refractivity contribution in [1.29, 1.82) is 0 Å². The van der Waals surface area contributed by atoms with Crippen molar-refractivity contribution in [2.24, 2.45) is 0 Å². The number of amides is 1. The normalized spacial score (nSPS) is 10.5. The van der Waals surface area contributed by atoms with Crippen LogP contribution < -0.4 is 5.32 Å². The molecular formula is C21H23NO2. The van der Waals surface area contributed by atoms with E-state index in [-0.39, 0.29) is 18.6 Å². The van der Waals surface area contributed by atoms with Gasteiger partial charge in [0.25, 0.3) is 0 Å². The molecule has 0 bridgehead atoms. The summed E-state index contributed by atoms with van der Waals surface area (Å²) in [7, 11) is 0. The summed E-state index contributed by atoms with van der Waals surface area (Å²) in [6.45, 7) is 7.03. The van der Waals surface area contributed by atoms with Crippen molar-refractivity contribution in [3.8, 4) is 11.8 Å². The molecule has 24 heavy (non-hydrogen) atoms. The summed E-state index contributed by atoms with van der Waals surface area (Å²) in [6, 6.07) is 17.7. The summed E-state index contributed by atoms with van der Waals surface area (Å²) in [5.74, 6) is 6.01. The number of hydrogen-bond acceptors (Lipinski definition) is 2. The molecule has 0 aliphatic carbocycles. The Kier molecular flexibility index (Phi) is 6.03. The van der Waals surface area contributed by atoms with Crippen LogP contribution in [0.5, 0.6) is 0 Å². The molecule has 0 aromatic heterocycles. The molecule has 0 atom stereocenters. The molecule has 2 aromatic rings. The lowest BCUT2D eigenvalue weighted by molar-refractivity contribution is 0.141. The topological polar surface area (TPSA) is 38.3 Å². The molecule has 1 amide bonds. The lowest BCUT2D eigenvalue weighted by Gasteiger charge is -2.18. The molecule has 0 aliphatic heterocycles. The molecule has 2 rings (SSSR count). The second-order valence-corrected chi connectivity index (χ2v) is 6.55. The monoisotopic (exact) mass is 321 g/mol. The van der Waals surface area contributed by atoms with E-state index in [4.69, 9.17) is 4.74 Å². The van der Waals surface area contributed by atoms with Crippen LogP contribution in [0, 0.1) is 11.8 Å². The molecule has 0 saturated heterocycles. The number of nitrogens with one attached hydrogen (secondary N) is 1. The van der Waals surface area contributed by atoms with E-state index in [0.717, 1.165) is 11.1 Å². The minimum absolute atomic E-state index is 0.0944. The van der Waals surface area contributed by atoms with Gasteiger partial charge in [0.15, 0.2) is 0 Å². The van der Waals surface area contributed by atoms with Crippen molar-refractivity contribution in [3.05, 3.63) is 71.3 Å². The zero-order valence-electron chi connectivity index (χ0n) is 14.4. The zero-order chi connectivity index (χ0) is 17.4. The largest absolute Gasteiger partial charge is 0.445 e. The van der Waals surface area contributed by atoms with Gasteiger partial charge in [-0.25, -0.2) is 4.79 Å². The highest BCUT2D eigenvalue weighted by molar-refractivity contribution is 5.67. The van der Waals surface area contributed by atoms with E-state index in [1.165, 1.54) is 5.56 Å². The van der Waals surface area contributed by atoms with Crippen molar-refractivity contribution in [3.63, 3.8) is 0 Å². The Morgan fingerprint density at radius 2 is 1.83 bits per heavy atom. The zero-order valence-corrected chi connectivity index (χ0v) is 14.4. The highest BCUT2D eigenvalue weighted by atomic mass is 16.5.